The lowest BCUT2D eigenvalue weighted by atomic mass is 9.82. The maximum absolute atomic E-state index is 6.61. The molecule has 1 saturated heterocycles. The minimum atomic E-state index is 0.0864. The zero-order valence-electron chi connectivity index (χ0n) is 14.7. The highest BCUT2D eigenvalue weighted by Gasteiger charge is 2.43. The van der Waals surface area contributed by atoms with E-state index in [-0.39, 0.29) is 17.2 Å². The number of benzene rings is 1. The van der Waals surface area contributed by atoms with E-state index in [9.17, 15) is 0 Å². The molecule has 0 bridgehead atoms. The standard InChI is InChI=1S/C19H30BrNO/c1-6-8-17(15-9-11-16(20)12-10-15)22-21-18(2,3)13-7-14-19(21,4)5/h9-12,17H,6-8,13-14H2,1-5H3. The SMILES string of the molecule is CCCC(ON1C(C)(C)CCCC1(C)C)c1ccc(Br)cc1. The van der Waals surface area contributed by atoms with Gasteiger partial charge in [-0.25, -0.2) is 0 Å². The van der Waals surface area contributed by atoms with Gasteiger partial charge in [-0.2, -0.15) is 5.06 Å². The smallest absolute Gasteiger partial charge is 0.104 e. The Morgan fingerprint density at radius 3 is 2.14 bits per heavy atom. The summed E-state index contributed by atoms with van der Waals surface area (Å²) in [6.07, 6.45) is 5.95. The summed E-state index contributed by atoms with van der Waals surface area (Å²) in [7, 11) is 0. The molecule has 1 atom stereocenters. The van der Waals surface area contributed by atoms with Crippen molar-refractivity contribution in [3.8, 4) is 0 Å². The number of rotatable bonds is 5. The third-order valence-corrected chi connectivity index (χ3v) is 5.23. The zero-order chi connectivity index (χ0) is 16.4. The van der Waals surface area contributed by atoms with Crippen LogP contribution in [-0.2, 0) is 4.84 Å². The third kappa shape index (κ3) is 4.12. The minimum absolute atomic E-state index is 0.0864. The Morgan fingerprint density at radius 1 is 1.09 bits per heavy atom. The molecule has 1 heterocycles. The molecule has 1 aliphatic rings. The molecule has 124 valence electrons. The Bertz CT molecular complexity index is 465. The van der Waals surface area contributed by atoms with E-state index in [0.717, 1.165) is 17.3 Å². The molecule has 1 aliphatic heterocycles. The predicted molar refractivity (Wildman–Crippen MR) is 96.7 cm³/mol. The molecule has 2 nitrogen and oxygen atoms in total. The molecule has 1 fully saturated rings. The van der Waals surface area contributed by atoms with Gasteiger partial charge in [-0.15, -0.1) is 0 Å². The lowest BCUT2D eigenvalue weighted by Gasteiger charge is -2.52. The number of hydrogen-bond donors (Lipinski definition) is 0. The van der Waals surface area contributed by atoms with E-state index in [1.807, 2.05) is 0 Å². The van der Waals surface area contributed by atoms with Crippen molar-refractivity contribution in [2.75, 3.05) is 0 Å². The molecule has 1 unspecified atom stereocenters. The summed E-state index contributed by atoms with van der Waals surface area (Å²) in [4.78, 5) is 6.61. The number of nitrogens with zero attached hydrogens (tertiary/aromatic N) is 1. The van der Waals surface area contributed by atoms with Crippen LogP contribution < -0.4 is 0 Å². The first-order valence-electron chi connectivity index (χ1n) is 8.49. The molecule has 1 aromatic carbocycles. The quantitative estimate of drug-likeness (QED) is 0.608. The molecule has 0 spiro atoms. The molecule has 2 rings (SSSR count). The van der Waals surface area contributed by atoms with Gasteiger partial charge in [-0.3, -0.25) is 4.84 Å². The van der Waals surface area contributed by atoms with E-state index in [1.54, 1.807) is 0 Å². The van der Waals surface area contributed by atoms with Crippen LogP contribution in [-0.4, -0.2) is 16.1 Å². The van der Waals surface area contributed by atoms with Crippen LogP contribution in [0.25, 0.3) is 0 Å². The Labute approximate surface area is 144 Å². The summed E-state index contributed by atoms with van der Waals surface area (Å²) in [6.45, 7) is 11.4. The van der Waals surface area contributed by atoms with Crippen LogP contribution >= 0.6 is 15.9 Å². The Balaban J connectivity index is 2.23. The molecule has 0 saturated carbocycles. The van der Waals surface area contributed by atoms with E-state index >= 15 is 0 Å². The maximum Gasteiger partial charge on any atom is 0.104 e. The molecule has 0 amide bonds. The summed E-state index contributed by atoms with van der Waals surface area (Å²) in [5, 5.41) is 2.28. The normalized spacial score (nSPS) is 22.5. The van der Waals surface area contributed by atoms with E-state index in [1.165, 1.54) is 24.8 Å². The summed E-state index contributed by atoms with van der Waals surface area (Å²) in [5.41, 5.74) is 1.44. The second-order valence-electron chi connectivity index (χ2n) is 7.71. The van der Waals surface area contributed by atoms with Crippen LogP contribution in [0.1, 0.15) is 78.4 Å². The molecular weight excluding hydrogens is 338 g/mol. The second kappa shape index (κ2) is 7.02. The molecule has 0 aliphatic carbocycles. The van der Waals surface area contributed by atoms with Gasteiger partial charge in [0, 0.05) is 15.6 Å². The van der Waals surface area contributed by atoms with Gasteiger partial charge in [0.1, 0.15) is 6.10 Å². The molecular formula is C19H30BrNO. The van der Waals surface area contributed by atoms with Gasteiger partial charge in [0.25, 0.3) is 0 Å². The van der Waals surface area contributed by atoms with Gasteiger partial charge in [-0.1, -0.05) is 41.4 Å². The van der Waals surface area contributed by atoms with Crippen LogP contribution in [0.3, 0.4) is 0 Å². The van der Waals surface area contributed by atoms with Crippen molar-refractivity contribution in [2.24, 2.45) is 0 Å². The van der Waals surface area contributed by atoms with Crippen molar-refractivity contribution < 1.29 is 4.84 Å². The van der Waals surface area contributed by atoms with Gasteiger partial charge in [-0.05, 0) is 71.1 Å². The van der Waals surface area contributed by atoms with Crippen LogP contribution in [0, 0.1) is 0 Å². The average Bonchev–Trinajstić information content (AvgIpc) is 2.42. The van der Waals surface area contributed by atoms with E-state index in [4.69, 9.17) is 4.84 Å². The maximum atomic E-state index is 6.61. The second-order valence-corrected chi connectivity index (χ2v) is 8.62. The molecule has 0 radical (unpaired) electrons. The molecule has 1 aromatic rings. The monoisotopic (exact) mass is 367 g/mol. The van der Waals surface area contributed by atoms with Crippen molar-refractivity contribution in [1.29, 1.82) is 0 Å². The lowest BCUT2D eigenvalue weighted by molar-refractivity contribution is -0.308. The zero-order valence-corrected chi connectivity index (χ0v) is 16.2. The van der Waals surface area contributed by atoms with Crippen molar-refractivity contribution in [1.82, 2.24) is 5.06 Å². The number of halogens is 1. The first kappa shape index (κ1) is 18.0. The lowest BCUT2D eigenvalue weighted by Crippen LogP contribution is -2.58. The van der Waals surface area contributed by atoms with Crippen molar-refractivity contribution in [2.45, 2.75) is 83.9 Å². The van der Waals surface area contributed by atoms with Crippen LogP contribution in [0.2, 0.25) is 0 Å². The van der Waals surface area contributed by atoms with Crippen LogP contribution in [0.4, 0.5) is 0 Å². The molecule has 22 heavy (non-hydrogen) atoms. The first-order valence-corrected chi connectivity index (χ1v) is 9.28. The van der Waals surface area contributed by atoms with E-state index < -0.39 is 0 Å². The van der Waals surface area contributed by atoms with Crippen molar-refractivity contribution >= 4 is 15.9 Å². The van der Waals surface area contributed by atoms with Crippen LogP contribution in [0.15, 0.2) is 28.7 Å². The summed E-state index contributed by atoms with van der Waals surface area (Å²) in [6, 6.07) is 8.56. The van der Waals surface area contributed by atoms with Crippen LogP contribution in [0.5, 0.6) is 0 Å². The van der Waals surface area contributed by atoms with Gasteiger partial charge < -0.3 is 0 Å². The predicted octanol–water partition coefficient (Wildman–Crippen LogP) is 6.27. The summed E-state index contributed by atoms with van der Waals surface area (Å²) >= 11 is 3.52. The summed E-state index contributed by atoms with van der Waals surface area (Å²) in [5.74, 6) is 0. The first-order chi connectivity index (χ1) is 10.3. The van der Waals surface area contributed by atoms with Gasteiger partial charge in [0.05, 0.1) is 0 Å². The highest BCUT2D eigenvalue weighted by atomic mass is 79.9. The van der Waals surface area contributed by atoms with Gasteiger partial charge in [0.2, 0.25) is 0 Å². The fourth-order valence-electron chi connectivity index (χ4n) is 3.61. The van der Waals surface area contributed by atoms with E-state index in [0.29, 0.717) is 0 Å². The van der Waals surface area contributed by atoms with Gasteiger partial charge in [0.15, 0.2) is 0 Å². The Morgan fingerprint density at radius 2 is 1.64 bits per heavy atom. The van der Waals surface area contributed by atoms with E-state index in [2.05, 4.69) is 79.9 Å². The van der Waals surface area contributed by atoms with Crippen molar-refractivity contribution in [3.05, 3.63) is 34.3 Å². The molecule has 0 N–H and O–H groups in total. The number of hydrogen-bond acceptors (Lipinski definition) is 2. The highest BCUT2D eigenvalue weighted by Crippen LogP contribution is 2.41. The number of piperidine rings is 1. The fraction of sp³-hybridized carbons (Fsp3) is 0.684. The Hall–Kier alpha value is -0.380. The summed E-state index contributed by atoms with van der Waals surface area (Å²) < 4.78 is 1.12. The van der Waals surface area contributed by atoms with Gasteiger partial charge >= 0.3 is 0 Å². The number of hydroxylamine groups is 2. The largest absolute Gasteiger partial charge is 0.290 e. The molecule has 0 aromatic heterocycles. The average molecular weight is 368 g/mol. The Kier molecular flexibility index (Phi) is 5.73. The minimum Gasteiger partial charge on any atom is -0.290 e. The topological polar surface area (TPSA) is 12.5 Å². The molecule has 3 heteroatoms. The highest BCUT2D eigenvalue weighted by molar-refractivity contribution is 9.10. The van der Waals surface area contributed by atoms with Crippen molar-refractivity contribution in [3.63, 3.8) is 0 Å². The fourth-order valence-corrected chi connectivity index (χ4v) is 3.87. The third-order valence-electron chi connectivity index (χ3n) is 4.70.